The van der Waals surface area contributed by atoms with Crippen LogP contribution in [0.15, 0.2) is 30.3 Å². The lowest BCUT2D eigenvalue weighted by Gasteiger charge is -2.56. The van der Waals surface area contributed by atoms with E-state index in [1.54, 1.807) is 6.08 Å². The molecule has 22 heavy (non-hydrogen) atoms. The van der Waals surface area contributed by atoms with Crippen molar-refractivity contribution >= 4 is 23.6 Å². The predicted molar refractivity (Wildman–Crippen MR) is 89.5 cm³/mol. The van der Waals surface area contributed by atoms with Crippen molar-refractivity contribution in [2.75, 3.05) is 0 Å². The molecule has 1 aromatic carbocycles. The molecule has 4 bridgehead atoms. The number of hydrogen-bond acceptors (Lipinski definition) is 1. The lowest BCUT2D eigenvalue weighted by atomic mass is 9.53. The molecule has 0 aliphatic heterocycles. The Balaban J connectivity index is 1.42. The zero-order valence-corrected chi connectivity index (χ0v) is 13.5. The van der Waals surface area contributed by atoms with E-state index in [9.17, 15) is 4.79 Å². The highest BCUT2D eigenvalue weighted by atomic mass is 35.5. The predicted octanol–water partition coefficient (Wildman–Crippen LogP) is 4.44. The minimum atomic E-state index is 0.0527. The smallest absolute Gasteiger partial charge is 0.244 e. The Morgan fingerprint density at radius 2 is 1.59 bits per heavy atom. The highest BCUT2D eigenvalue weighted by Gasteiger charge is 2.51. The second-order valence-electron chi connectivity index (χ2n) is 7.57. The van der Waals surface area contributed by atoms with Crippen molar-refractivity contribution in [2.24, 2.45) is 17.8 Å². The highest BCUT2D eigenvalue weighted by Crippen LogP contribution is 2.55. The molecule has 1 aromatic rings. The fourth-order valence-corrected chi connectivity index (χ4v) is 5.44. The van der Waals surface area contributed by atoms with Crippen LogP contribution >= 0.6 is 11.6 Å². The first-order valence-corrected chi connectivity index (χ1v) is 8.74. The summed E-state index contributed by atoms with van der Waals surface area (Å²) < 4.78 is 0. The van der Waals surface area contributed by atoms with Crippen molar-refractivity contribution in [1.29, 1.82) is 0 Å². The van der Waals surface area contributed by atoms with Gasteiger partial charge < -0.3 is 5.32 Å². The van der Waals surface area contributed by atoms with Crippen molar-refractivity contribution < 1.29 is 4.79 Å². The van der Waals surface area contributed by atoms with Gasteiger partial charge in [0.1, 0.15) is 0 Å². The molecule has 4 aliphatic rings. The second-order valence-corrected chi connectivity index (χ2v) is 8.01. The van der Waals surface area contributed by atoms with Gasteiger partial charge in [-0.3, -0.25) is 4.79 Å². The minimum Gasteiger partial charge on any atom is -0.347 e. The molecule has 1 N–H and O–H groups in total. The summed E-state index contributed by atoms with van der Waals surface area (Å²) >= 11 is 5.87. The zero-order chi connectivity index (χ0) is 15.2. The van der Waals surface area contributed by atoms with Gasteiger partial charge in [-0.1, -0.05) is 23.7 Å². The van der Waals surface area contributed by atoms with Crippen LogP contribution in [0.3, 0.4) is 0 Å². The highest BCUT2D eigenvalue weighted by molar-refractivity contribution is 6.30. The molecule has 0 atom stereocenters. The van der Waals surface area contributed by atoms with E-state index in [1.165, 1.54) is 38.5 Å². The maximum atomic E-state index is 12.3. The van der Waals surface area contributed by atoms with E-state index in [4.69, 9.17) is 11.6 Å². The second kappa shape index (κ2) is 5.42. The molecular weight excluding hydrogens is 294 g/mol. The van der Waals surface area contributed by atoms with Gasteiger partial charge in [-0.2, -0.15) is 0 Å². The largest absolute Gasteiger partial charge is 0.347 e. The van der Waals surface area contributed by atoms with E-state index in [0.717, 1.165) is 28.3 Å². The fourth-order valence-electron chi connectivity index (χ4n) is 5.31. The molecule has 0 saturated heterocycles. The van der Waals surface area contributed by atoms with Crippen LogP contribution < -0.4 is 5.32 Å². The van der Waals surface area contributed by atoms with E-state index < -0.39 is 0 Å². The lowest BCUT2D eigenvalue weighted by molar-refractivity contribution is -0.122. The third-order valence-corrected chi connectivity index (χ3v) is 5.98. The third-order valence-electron chi connectivity index (χ3n) is 5.72. The molecule has 0 unspecified atom stereocenters. The quantitative estimate of drug-likeness (QED) is 0.821. The normalized spacial score (nSPS) is 36.0. The average molecular weight is 316 g/mol. The number of hydrogen-bond donors (Lipinski definition) is 1. The van der Waals surface area contributed by atoms with E-state index in [-0.39, 0.29) is 11.4 Å². The van der Waals surface area contributed by atoms with Gasteiger partial charge in [-0.15, -0.1) is 0 Å². The zero-order valence-electron chi connectivity index (χ0n) is 12.7. The average Bonchev–Trinajstić information content (AvgIpc) is 2.44. The number of rotatable bonds is 3. The summed E-state index contributed by atoms with van der Waals surface area (Å²) in [6.45, 7) is 0. The van der Waals surface area contributed by atoms with E-state index in [2.05, 4.69) is 5.32 Å². The first kappa shape index (κ1) is 14.3. The van der Waals surface area contributed by atoms with Crippen LogP contribution in [0.25, 0.3) is 6.08 Å². The Bertz CT molecular complexity index is 569. The van der Waals surface area contributed by atoms with Gasteiger partial charge in [0.25, 0.3) is 0 Å². The number of benzene rings is 1. The van der Waals surface area contributed by atoms with Crippen molar-refractivity contribution in [1.82, 2.24) is 5.32 Å². The van der Waals surface area contributed by atoms with Crippen LogP contribution in [0.5, 0.6) is 0 Å². The van der Waals surface area contributed by atoms with E-state index in [0.29, 0.717) is 0 Å². The summed E-state index contributed by atoms with van der Waals surface area (Å²) in [6, 6.07) is 7.55. The molecule has 4 aliphatic carbocycles. The standard InChI is InChI=1S/C19H22ClNO/c20-17-4-1-13(2-5-17)3-6-18(22)21-19-10-14-7-15(11-19)9-16(8-14)12-19/h1-6,14-16H,7-12H2,(H,21,22). The topological polar surface area (TPSA) is 29.1 Å². The van der Waals surface area contributed by atoms with Gasteiger partial charge in [-0.05, 0) is 80.1 Å². The van der Waals surface area contributed by atoms with Gasteiger partial charge >= 0.3 is 0 Å². The summed E-state index contributed by atoms with van der Waals surface area (Å²) in [5, 5.41) is 4.07. The molecule has 0 radical (unpaired) electrons. The molecule has 0 aromatic heterocycles. The lowest BCUT2D eigenvalue weighted by Crippen LogP contribution is -2.59. The molecule has 116 valence electrons. The van der Waals surface area contributed by atoms with Gasteiger partial charge in [0.2, 0.25) is 5.91 Å². The molecule has 2 nitrogen and oxygen atoms in total. The molecule has 1 amide bonds. The van der Waals surface area contributed by atoms with E-state index >= 15 is 0 Å². The summed E-state index contributed by atoms with van der Waals surface area (Å²) in [5.41, 5.74) is 1.10. The summed E-state index contributed by atoms with van der Waals surface area (Å²) in [4.78, 5) is 12.3. The summed E-state index contributed by atoms with van der Waals surface area (Å²) in [6.07, 6.45) is 11.3. The first-order valence-electron chi connectivity index (χ1n) is 8.36. The Morgan fingerprint density at radius 3 is 2.14 bits per heavy atom. The number of carbonyl (C=O) groups is 1. The molecule has 4 saturated carbocycles. The number of carbonyl (C=O) groups excluding carboxylic acids is 1. The molecule has 0 heterocycles. The Labute approximate surface area is 136 Å². The van der Waals surface area contributed by atoms with Crippen LogP contribution in [0.2, 0.25) is 5.02 Å². The van der Waals surface area contributed by atoms with Gasteiger partial charge in [0.05, 0.1) is 0 Å². The monoisotopic (exact) mass is 315 g/mol. The van der Waals surface area contributed by atoms with Crippen molar-refractivity contribution in [2.45, 2.75) is 44.1 Å². The maximum absolute atomic E-state index is 12.3. The van der Waals surface area contributed by atoms with Crippen molar-refractivity contribution in [3.8, 4) is 0 Å². The summed E-state index contributed by atoms with van der Waals surface area (Å²) in [5.74, 6) is 2.61. The van der Waals surface area contributed by atoms with Crippen LogP contribution in [-0.2, 0) is 4.79 Å². The molecule has 4 fully saturated rings. The van der Waals surface area contributed by atoms with Gasteiger partial charge in [-0.25, -0.2) is 0 Å². The molecule has 0 spiro atoms. The number of halogens is 1. The summed E-state index contributed by atoms with van der Waals surface area (Å²) in [7, 11) is 0. The number of nitrogens with one attached hydrogen (secondary N) is 1. The van der Waals surface area contributed by atoms with Crippen LogP contribution in [0, 0.1) is 17.8 Å². The number of amides is 1. The van der Waals surface area contributed by atoms with Crippen LogP contribution in [0.1, 0.15) is 44.1 Å². The minimum absolute atomic E-state index is 0.0527. The van der Waals surface area contributed by atoms with Gasteiger partial charge in [0, 0.05) is 16.6 Å². The first-order chi connectivity index (χ1) is 10.6. The maximum Gasteiger partial charge on any atom is 0.244 e. The van der Waals surface area contributed by atoms with Crippen molar-refractivity contribution in [3.05, 3.63) is 40.9 Å². The van der Waals surface area contributed by atoms with Gasteiger partial charge in [0.15, 0.2) is 0 Å². The van der Waals surface area contributed by atoms with Crippen LogP contribution in [0.4, 0.5) is 0 Å². The van der Waals surface area contributed by atoms with E-state index in [1.807, 2.05) is 30.3 Å². The third kappa shape index (κ3) is 2.81. The SMILES string of the molecule is O=C(C=Cc1ccc(Cl)cc1)NC12CC3CC(CC(C3)C1)C2. The molecular formula is C19H22ClNO. The molecule has 5 rings (SSSR count). The van der Waals surface area contributed by atoms with Crippen LogP contribution in [-0.4, -0.2) is 11.4 Å². The Hall–Kier alpha value is -1.28. The Morgan fingerprint density at radius 1 is 1.05 bits per heavy atom. The Kier molecular flexibility index (Phi) is 3.53. The van der Waals surface area contributed by atoms with Crippen molar-refractivity contribution in [3.63, 3.8) is 0 Å². The fraction of sp³-hybridized carbons (Fsp3) is 0.526. The molecule has 3 heteroatoms.